The molecular weight excluding hydrogens is 446 g/mol. The molecule has 0 aromatic rings. The van der Waals surface area contributed by atoms with Crippen molar-refractivity contribution in [2.24, 2.45) is 11.2 Å². The summed E-state index contributed by atoms with van der Waals surface area (Å²) in [6.07, 6.45) is -0.496. The number of hydrogen-bond acceptors (Lipinski definition) is 9. The lowest BCUT2D eigenvalue weighted by molar-refractivity contribution is -0.360. The molecule has 2 aliphatic rings. The van der Waals surface area contributed by atoms with Crippen LogP contribution in [0.5, 0.6) is 0 Å². The van der Waals surface area contributed by atoms with Crippen LogP contribution in [-0.4, -0.2) is 98.9 Å². The minimum atomic E-state index is -2.59. The molecule has 11 nitrogen and oxygen atoms in total. The molecule has 32 heavy (non-hydrogen) atoms. The van der Waals surface area contributed by atoms with Gasteiger partial charge in [0.25, 0.3) is 0 Å². The van der Waals surface area contributed by atoms with E-state index >= 15 is 0 Å². The average molecular weight is 482 g/mol. The second-order valence-corrected chi connectivity index (χ2v) is 8.79. The van der Waals surface area contributed by atoms with Crippen LogP contribution in [-0.2, 0) is 9.47 Å². The number of hydrogen-bond donors (Lipinski definition) is 4. The number of carbonyl (C=O) groups excluding carboxylic acids is 1. The highest BCUT2D eigenvalue weighted by Gasteiger charge is 2.61. The Labute approximate surface area is 193 Å². The van der Waals surface area contributed by atoms with Gasteiger partial charge < -0.3 is 29.9 Å². The fourth-order valence-electron chi connectivity index (χ4n) is 4.30. The molecule has 1 heterocycles. The first-order chi connectivity index (χ1) is 15.3. The van der Waals surface area contributed by atoms with Gasteiger partial charge in [-0.05, 0) is 25.2 Å². The quantitative estimate of drug-likeness (QED) is 0.113. The average Bonchev–Trinajstić information content (AvgIpc) is 2.81. The minimum Gasteiger partial charge on any atom is -0.394 e. The Kier molecular flexibility index (Phi) is 11.0. The molecule has 5 atom stereocenters. The van der Waals surface area contributed by atoms with Gasteiger partial charge in [0.15, 0.2) is 12.4 Å². The van der Waals surface area contributed by atoms with Crippen LogP contribution in [0.25, 0.3) is 0 Å². The number of rotatable bonds is 11. The maximum atomic E-state index is 13.3. The molecule has 1 aliphatic carbocycles. The molecule has 0 aromatic heterocycles. The summed E-state index contributed by atoms with van der Waals surface area (Å²) in [5.41, 5.74) is -2.59. The monoisotopic (exact) mass is 481 g/mol. The summed E-state index contributed by atoms with van der Waals surface area (Å²) in [5.74, 6) is -0.0980. The van der Waals surface area contributed by atoms with E-state index in [1.54, 1.807) is 0 Å². The van der Waals surface area contributed by atoms with Crippen LogP contribution in [0, 0.1) is 10.8 Å². The second-order valence-electron chi connectivity index (χ2n) is 8.41. The molecule has 2 fully saturated rings. The summed E-state index contributed by atoms with van der Waals surface area (Å²) in [5, 5.41) is 46.5. The highest BCUT2D eigenvalue weighted by atomic mass is 35.5. The van der Waals surface area contributed by atoms with E-state index in [4.69, 9.17) is 21.1 Å². The standard InChI is InChI=1S/C20H36ClN3O8/c1-2-3-11-31-18-17(27)20(29,16(26)15(13-25)32-18)23(12-14-7-5-4-6-8-14)19(28)24(22-30)10-9-21/h14-18,25-27,29H,2-13H2,1H3/t15-,16-,17+,18+,20-/m1/s1. The van der Waals surface area contributed by atoms with Gasteiger partial charge in [-0.1, -0.05) is 32.6 Å². The molecular formula is C20H36ClN3O8. The Balaban J connectivity index is 2.41. The van der Waals surface area contributed by atoms with Crippen LogP contribution in [0.15, 0.2) is 5.29 Å². The minimum absolute atomic E-state index is 0.0180. The van der Waals surface area contributed by atoms with Crippen LogP contribution in [0.1, 0.15) is 51.9 Å². The summed E-state index contributed by atoms with van der Waals surface area (Å²) >= 11 is 5.69. The second kappa shape index (κ2) is 13.0. The van der Waals surface area contributed by atoms with Crippen molar-refractivity contribution in [3.8, 4) is 0 Å². The molecule has 186 valence electrons. The molecule has 12 heteroatoms. The molecule has 0 bridgehead atoms. The molecule has 0 spiro atoms. The van der Waals surface area contributed by atoms with Crippen LogP contribution in [0.4, 0.5) is 4.79 Å². The van der Waals surface area contributed by atoms with Gasteiger partial charge in [-0.15, -0.1) is 16.5 Å². The molecule has 1 saturated carbocycles. The molecule has 0 aromatic carbocycles. The molecule has 4 N–H and O–H groups in total. The number of aliphatic hydroxyl groups is 4. The Morgan fingerprint density at radius 1 is 1.25 bits per heavy atom. The summed E-state index contributed by atoms with van der Waals surface area (Å²) in [7, 11) is 0. The number of halogens is 1. The van der Waals surface area contributed by atoms with E-state index in [1.165, 1.54) is 0 Å². The van der Waals surface area contributed by atoms with E-state index < -0.39 is 43.0 Å². The Morgan fingerprint density at radius 3 is 2.50 bits per heavy atom. The van der Waals surface area contributed by atoms with E-state index in [0.717, 1.165) is 43.4 Å². The van der Waals surface area contributed by atoms with Gasteiger partial charge in [-0.2, -0.15) is 5.01 Å². The number of alkyl halides is 1. The lowest BCUT2D eigenvalue weighted by Gasteiger charge is -2.53. The Hall–Kier alpha value is -1.08. The van der Waals surface area contributed by atoms with Crippen molar-refractivity contribution < 1.29 is 34.7 Å². The zero-order valence-electron chi connectivity index (χ0n) is 18.5. The largest absolute Gasteiger partial charge is 0.394 e. The summed E-state index contributed by atoms with van der Waals surface area (Å²) in [6, 6.07) is -1.00. The summed E-state index contributed by atoms with van der Waals surface area (Å²) in [6.45, 7) is 1.21. The first-order valence-corrected chi connectivity index (χ1v) is 11.8. The molecule has 0 unspecified atom stereocenters. The Bertz CT molecular complexity index is 597. The van der Waals surface area contributed by atoms with Gasteiger partial charge in [0, 0.05) is 19.0 Å². The van der Waals surface area contributed by atoms with Gasteiger partial charge in [0.05, 0.1) is 18.4 Å². The number of urea groups is 1. The summed E-state index contributed by atoms with van der Waals surface area (Å²) < 4.78 is 11.0. The molecule has 0 radical (unpaired) electrons. The summed E-state index contributed by atoms with van der Waals surface area (Å²) in [4.78, 5) is 25.5. The number of amides is 2. The van der Waals surface area contributed by atoms with Crippen molar-refractivity contribution in [2.45, 2.75) is 82.2 Å². The SMILES string of the molecule is CCCCO[C@H]1O[C@H](CO)[C@@H](O)[C@](O)(N(CC2CCCCC2)C(=O)N(CCCl)N=O)[C@H]1O. The van der Waals surface area contributed by atoms with Crippen LogP contribution in [0.2, 0.25) is 0 Å². The zero-order valence-corrected chi connectivity index (χ0v) is 19.3. The third-order valence-corrected chi connectivity index (χ3v) is 6.36. The lowest BCUT2D eigenvalue weighted by Crippen LogP contribution is -2.76. The third kappa shape index (κ3) is 6.07. The fourth-order valence-corrected chi connectivity index (χ4v) is 4.46. The highest BCUT2D eigenvalue weighted by Crippen LogP contribution is 2.36. The van der Waals surface area contributed by atoms with Crippen molar-refractivity contribution in [3.05, 3.63) is 4.91 Å². The predicted molar refractivity (Wildman–Crippen MR) is 115 cm³/mol. The maximum Gasteiger partial charge on any atom is 0.345 e. The van der Waals surface area contributed by atoms with E-state index in [-0.39, 0.29) is 31.5 Å². The highest BCUT2D eigenvalue weighted by molar-refractivity contribution is 6.18. The van der Waals surface area contributed by atoms with E-state index in [1.807, 2.05) is 6.92 Å². The number of ether oxygens (including phenoxy) is 2. The van der Waals surface area contributed by atoms with Crippen LogP contribution in [0.3, 0.4) is 0 Å². The number of unbranched alkanes of at least 4 members (excludes halogenated alkanes) is 1. The molecule has 1 aliphatic heterocycles. The zero-order chi connectivity index (χ0) is 23.7. The van der Waals surface area contributed by atoms with Gasteiger partial charge in [-0.25, -0.2) is 4.79 Å². The molecule has 2 amide bonds. The normalized spacial score (nSPS) is 31.3. The number of carbonyl (C=O) groups is 1. The molecule has 1 saturated heterocycles. The predicted octanol–water partition coefficient (Wildman–Crippen LogP) is 1.16. The lowest BCUT2D eigenvalue weighted by atomic mass is 9.85. The van der Waals surface area contributed by atoms with Crippen molar-refractivity contribution in [1.82, 2.24) is 9.91 Å². The molecule has 2 rings (SSSR count). The van der Waals surface area contributed by atoms with Gasteiger partial charge >= 0.3 is 6.03 Å². The van der Waals surface area contributed by atoms with Crippen molar-refractivity contribution in [3.63, 3.8) is 0 Å². The first kappa shape index (κ1) is 27.2. The number of aliphatic hydroxyl groups excluding tert-OH is 3. The van der Waals surface area contributed by atoms with Crippen molar-refractivity contribution in [1.29, 1.82) is 0 Å². The Morgan fingerprint density at radius 2 is 1.94 bits per heavy atom. The van der Waals surface area contributed by atoms with Gasteiger partial charge in [-0.3, -0.25) is 4.90 Å². The topological polar surface area (TPSA) is 152 Å². The van der Waals surface area contributed by atoms with Crippen LogP contribution < -0.4 is 0 Å². The third-order valence-electron chi connectivity index (χ3n) is 6.19. The van der Waals surface area contributed by atoms with Crippen molar-refractivity contribution in [2.75, 3.05) is 32.2 Å². The van der Waals surface area contributed by atoms with Crippen molar-refractivity contribution >= 4 is 17.6 Å². The van der Waals surface area contributed by atoms with E-state index in [0.29, 0.717) is 11.4 Å². The first-order valence-electron chi connectivity index (χ1n) is 11.3. The number of nitroso groups, excluding NO2 is 1. The van der Waals surface area contributed by atoms with Gasteiger partial charge in [0.1, 0.15) is 12.2 Å². The van der Waals surface area contributed by atoms with E-state index in [2.05, 4.69) is 5.29 Å². The smallest absolute Gasteiger partial charge is 0.345 e. The van der Waals surface area contributed by atoms with E-state index in [9.17, 15) is 30.1 Å². The maximum absolute atomic E-state index is 13.3. The van der Waals surface area contributed by atoms with Crippen LogP contribution >= 0.6 is 11.6 Å². The van der Waals surface area contributed by atoms with Gasteiger partial charge in [0.2, 0.25) is 5.72 Å². The number of nitrogens with zero attached hydrogens (tertiary/aromatic N) is 3. The fraction of sp³-hybridized carbons (Fsp3) is 0.950.